The van der Waals surface area contributed by atoms with Crippen LogP contribution in [0.15, 0.2) is 25.2 Å². The van der Waals surface area contributed by atoms with Gasteiger partial charge >= 0.3 is 0 Å². The highest BCUT2D eigenvalue weighted by atomic mass is 79.9. The first kappa shape index (κ1) is 13.0. The van der Waals surface area contributed by atoms with E-state index < -0.39 is 0 Å². The van der Waals surface area contributed by atoms with Crippen molar-refractivity contribution in [2.24, 2.45) is 0 Å². The summed E-state index contributed by atoms with van der Waals surface area (Å²) in [4.78, 5) is 20.0. The lowest BCUT2D eigenvalue weighted by atomic mass is 10.1. The van der Waals surface area contributed by atoms with Crippen molar-refractivity contribution >= 4 is 43.2 Å². The summed E-state index contributed by atoms with van der Waals surface area (Å²) in [6.45, 7) is 4.03. The third kappa shape index (κ3) is 2.69. The Morgan fingerprint density at radius 1 is 1.41 bits per heavy atom. The van der Waals surface area contributed by atoms with Crippen molar-refractivity contribution in [2.75, 3.05) is 0 Å². The SMILES string of the molecule is CC(C)c1nc(-c2cc(Br)cs2)[nH]c(=O)c1Br. The van der Waals surface area contributed by atoms with Gasteiger partial charge in [0, 0.05) is 9.85 Å². The predicted molar refractivity (Wildman–Crippen MR) is 77.7 cm³/mol. The molecule has 0 aliphatic heterocycles. The molecule has 0 radical (unpaired) electrons. The molecule has 0 fully saturated rings. The number of H-pyrrole nitrogens is 1. The second-order valence-electron chi connectivity index (χ2n) is 3.90. The molecule has 0 aromatic carbocycles. The fraction of sp³-hybridized carbons (Fsp3) is 0.273. The largest absolute Gasteiger partial charge is 0.305 e. The predicted octanol–water partition coefficient (Wildman–Crippen LogP) is 4.15. The summed E-state index contributed by atoms with van der Waals surface area (Å²) in [7, 11) is 0. The van der Waals surface area contributed by atoms with Crippen molar-refractivity contribution in [3.8, 4) is 10.7 Å². The highest BCUT2D eigenvalue weighted by Crippen LogP contribution is 2.28. The number of rotatable bonds is 2. The summed E-state index contributed by atoms with van der Waals surface area (Å²) >= 11 is 8.21. The van der Waals surface area contributed by atoms with Crippen LogP contribution in [-0.2, 0) is 0 Å². The van der Waals surface area contributed by atoms with Gasteiger partial charge in [-0.05, 0) is 43.8 Å². The van der Waals surface area contributed by atoms with Crippen molar-refractivity contribution in [1.29, 1.82) is 0 Å². The molecule has 0 unspecified atom stereocenters. The first-order valence-electron chi connectivity index (χ1n) is 5.03. The Morgan fingerprint density at radius 2 is 2.12 bits per heavy atom. The smallest absolute Gasteiger partial charge is 0.265 e. The Kier molecular flexibility index (Phi) is 3.85. The van der Waals surface area contributed by atoms with Crippen LogP contribution in [0.4, 0.5) is 0 Å². The molecule has 0 aliphatic rings. The molecule has 0 atom stereocenters. The molecule has 17 heavy (non-hydrogen) atoms. The highest BCUT2D eigenvalue weighted by Gasteiger charge is 2.13. The van der Waals surface area contributed by atoms with E-state index in [0.717, 1.165) is 15.0 Å². The van der Waals surface area contributed by atoms with Crippen molar-refractivity contribution < 1.29 is 0 Å². The third-order valence-corrected chi connectivity index (χ3v) is 4.70. The Bertz CT molecular complexity index is 604. The molecular formula is C11H10Br2N2OS. The number of thiophene rings is 1. The van der Waals surface area contributed by atoms with Crippen molar-refractivity contribution in [2.45, 2.75) is 19.8 Å². The van der Waals surface area contributed by atoms with Crippen LogP contribution in [0.5, 0.6) is 0 Å². The molecule has 0 saturated heterocycles. The van der Waals surface area contributed by atoms with E-state index >= 15 is 0 Å². The summed E-state index contributed by atoms with van der Waals surface area (Å²) in [5, 5.41) is 1.96. The van der Waals surface area contributed by atoms with Gasteiger partial charge in [0.1, 0.15) is 4.47 Å². The molecular weight excluding hydrogens is 368 g/mol. The van der Waals surface area contributed by atoms with Gasteiger partial charge in [-0.3, -0.25) is 4.79 Å². The fourth-order valence-corrected chi connectivity index (χ4v) is 3.43. The van der Waals surface area contributed by atoms with Crippen LogP contribution in [0.2, 0.25) is 0 Å². The minimum Gasteiger partial charge on any atom is -0.305 e. The van der Waals surface area contributed by atoms with Gasteiger partial charge < -0.3 is 4.98 Å². The zero-order chi connectivity index (χ0) is 12.6. The van der Waals surface area contributed by atoms with Gasteiger partial charge in [-0.15, -0.1) is 11.3 Å². The lowest BCUT2D eigenvalue weighted by Crippen LogP contribution is -2.14. The van der Waals surface area contributed by atoms with Crippen LogP contribution in [0.3, 0.4) is 0 Å². The topological polar surface area (TPSA) is 45.8 Å². The molecule has 1 N–H and O–H groups in total. The monoisotopic (exact) mass is 376 g/mol. The fourth-order valence-electron chi connectivity index (χ4n) is 1.41. The molecule has 2 aromatic heterocycles. The quantitative estimate of drug-likeness (QED) is 0.854. The molecule has 90 valence electrons. The zero-order valence-electron chi connectivity index (χ0n) is 9.25. The number of halogens is 2. The number of aromatic amines is 1. The van der Waals surface area contributed by atoms with Gasteiger partial charge in [0.2, 0.25) is 0 Å². The summed E-state index contributed by atoms with van der Waals surface area (Å²) in [5.41, 5.74) is 0.650. The molecule has 0 bridgehead atoms. The summed E-state index contributed by atoms with van der Waals surface area (Å²) in [6.07, 6.45) is 0. The number of nitrogens with zero attached hydrogens (tertiary/aromatic N) is 1. The Morgan fingerprint density at radius 3 is 2.65 bits per heavy atom. The van der Waals surface area contributed by atoms with E-state index in [9.17, 15) is 4.79 Å². The lowest BCUT2D eigenvalue weighted by Gasteiger charge is -2.08. The van der Waals surface area contributed by atoms with Gasteiger partial charge in [0.15, 0.2) is 5.82 Å². The summed E-state index contributed by atoms with van der Waals surface area (Å²) < 4.78 is 1.51. The number of aromatic nitrogens is 2. The maximum Gasteiger partial charge on any atom is 0.265 e. The molecule has 0 aliphatic carbocycles. The average Bonchev–Trinajstić information content (AvgIpc) is 2.68. The lowest BCUT2D eigenvalue weighted by molar-refractivity contribution is 0.804. The van der Waals surface area contributed by atoms with Crippen molar-refractivity contribution in [3.05, 3.63) is 36.4 Å². The van der Waals surface area contributed by atoms with E-state index in [1.807, 2.05) is 25.3 Å². The van der Waals surface area contributed by atoms with Crippen molar-refractivity contribution in [1.82, 2.24) is 9.97 Å². The Hall–Kier alpha value is -0.460. The first-order chi connectivity index (χ1) is 7.99. The summed E-state index contributed by atoms with van der Waals surface area (Å²) in [6, 6.07) is 1.95. The van der Waals surface area contributed by atoms with Crippen LogP contribution >= 0.6 is 43.2 Å². The third-order valence-electron chi connectivity index (χ3n) is 2.24. The van der Waals surface area contributed by atoms with E-state index in [2.05, 4.69) is 41.8 Å². The van der Waals surface area contributed by atoms with Gasteiger partial charge in [0.05, 0.1) is 10.6 Å². The van der Waals surface area contributed by atoms with E-state index in [1.165, 1.54) is 0 Å². The van der Waals surface area contributed by atoms with Gasteiger partial charge in [-0.25, -0.2) is 4.98 Å². The second-order valence-corrected chi connectivity index (χ2v) is 6.52. The first-order valence-corrected chi connectivity index (χ1v) is 7.49. The van der Waals surface area contributed by atoms with Crippen LogP contribution in [0, 0.1) is 0 Å². The van der Waals surface area contributed by atoms with E-state index in [-0.39, 0.29) is 11.5 Å². The maximum atomic E-state index is 11.8. The molecule has 0 amide bonds. The zero-order valence-corrected chi connectivity index (χ0v) is 13.2. The van der Waals surface area contributed by atoms with Crippen LogP contribution < -0.4 is 5.56 Å². The highest BCUT2D eigenvalue weighted by molar-refractivity contribution is 9.10. The standard InChI is InChI=1S/C11H10Br2N2OS/c1-5(2)9-8(13)11(16)15-10(14-9)7-3-6(12)4-17-7/h3-5H,1-2H3,(H,14,15,16). The van der Waals surface area contributed by atoms with E-state index in [1.54, 1.807) is 11.3 Å². The molecule has 2 aromatic rings. The molecule has 2 heterocycles. The van der Waals surface area contributed by atoms with Gasteiger partial charge in [0.25, 0.3) is 5.56 Å². The number of nitrogens with one attached hydrogen (secondary N) is 1. The van der Waals surface area contributed by atoms with Gasteiger partial charge in [-0.1, -0.05) is 13.8 Å². The Balaban J connectivity index is 2.61. The molecule has 3 nitrogen and oxygen atoms in total. The molecule has 6 heteroatoms. The minimum atomic E-state index is -0.136. The molecule has 2 rings (SSSR count). The van der Waals surface area contributed by atoms with Gasteiger partial charge in [-0.2, -0.15) is 0 Å². The number of hydrogen-bond acceptors (Lipinski definition) is 3. The maximum absolute atomic E-state index is 11.8. The average molecular weight is 378 g/mol. The number of hydrogen-bond donors (Lipinski definition) is 1. The van der Waals surface area contributed by atoms with Crippen molar-refractivity contribution in [3.63, 3.8) is 0 Å². The normalized spacial score (nSPS) is 11.1. The van der Waals surface area contributed by atoms with E-state index in [4.69, 9.17) is 0 Å². The summed E-state index contributed by atoms with van der Waals surface area (Å²) in [5.74, 6) is 0.825. The molecule has 0 saturated carbocycles. The van der Waals surface area contributed by atoms with Crippen LogP contribution in [-0.4, -0.2) is 9.97 Å². The molecule has 0 spiro atoms. The minimum absolute atomic E-state index is 0.136. The Labute approximate surface area is 120 Å². The van der Waals surface area contributed by atoms with Crippen LogP contribution in [0.25, 0.3) is 10.7 Å². The second kappa shape index (κ2) is 5.04. The van der Waals surface area contributed by atoms with E-state index in [0.29, 0.717) is 10.3 Å². The van der Waals surface area contributed by atoms with Crippen LogP contribution in [0.1, 0.15) is 25.5 Å².